The van der Waals surface area contributed by atoms with E-state index in [1.54, 1.807) is 28.6 Å². The summed E-state index contributed by atoms with van der Waals surface area (Å²) in [6.45, 7) is 1.28. The molecule has 1 aromatic carbocycles. The first-order chi connectivity index (χ1) is 12.0. The van der Waals surface area contributed by atoms with E-state index in [-0.39, 0.29) is 17.9 Å². The minimum atomic E-state index is -3.57. The number of rotatable bonds is 2. The standard InChI is InChI=1S/C19H28N2O3S/c1-20-14-7-2-3-8-15-21(18-13-9-12-17(18)19(20)22)25(23,24)16-10-5-4-6-11-16/h4-6,10-11,17-18H,2-3,7-9,12-15H2,1H3/t17-,18+/m1/s1. The number of nitrogens with zero attached hydrogens (tertiary/aromatic N) is 2. The molecule has 5 nitrogen and oxygen atoms in total. The molecule has 0 spiro atoms. The Morgan fingerprint density at radius 1 is 0.920 bits per heavy atom. The molecule has 1 saturated heterocycles. The Morgan fingerprint density at radius 2 is 1.60 bits per heavy atom. The molecule has 6 heteroatoms. The normalized spacial score (nSPS) is 26.9. The molecule has 0 radical (unpaired) electrons. The first-order valence-electron chi connectivity index (χ1n) is 9.33. The molecule has 3 rings (SSSR count). The third-order valence-electron chi connectivity index (χ3n) is 5.51. The van der Waals surface area contributed by atoms with E-state index >= 15 is 0 Å². The van der Waals surface area contributed by atoms with E-state index in [4.69, 9.17) is 0 Å². The van der Waals surface area contributed by atoms with Crippen molar-refractivity contribution in [2.75, 3.05) is 20.1 Å². The monoisotopic (exact) mass is 364 g/mol. The van der Waals surface area contributed by atoms with E-state index in [2.05, 4.69) is 0 Å². The highest BCUT2D eigenvalue weighted by Gasteiger charge is 2.42. The Morgan fingerprint density at radius 3 is 2.32 bits per heavy atom. The average molecular weight is 365 g/mol. The van der Waals surface area contributed by atoms with Crippen molar-refractivity contribution in [3.05, 3.63) is 30.3 Å². The number of benzene rings is 1. The van der Waals surface area contributed by atoms with Crippen LogP contribution < -0.4 is 0 Å². The zero-order valence-corrected chi connectivity index (χ0v) is 15.7. The Hall–Kier alpha value is -1.40. The number of sulfonamides is 1. The maximum Gasteiger partial charge on any atom is 0.243 e. The van der Waals surface area contributed by atoms with Crippen LogP contribution in [0, 0.1) is 5.92 Å². The Labute approximate surface area is 151 Å². The fourth-order valence-electron chi connectivity index (χ4n) is 4.13. The van der Waals surface area contributed by atoms with E-state index in [0.29, 0.717) is 11.4 Å². The first-order valence-corrected chi connectivity index (χ1v) is 10.8. The summed E-state index contributed by atoms with van der Waals surface area (Å²) in [5.41, 5.74) is 0. The summed E-state index contributed by atoms with van der Waals surface area (Å²) in [7, 11) is -1.72. The number of hydrogen-bond acceptors (Lipinski definition) is 3. The highest BCUT2D eigenvalue weighted by molar-refractivity contribution is 7.89. The molecular formula is C19H28N2O3S. The van der Waals surface area contributed by atoms with Gasteiger partial charge in [-0.2, -0.15) is 4.31 Å². The molecule has 0 bridgehead atoms. The zero-order valence-electron chi connectivity index (χ0n) is 14.9. The number of carbonyl (C=O) groups excluding carboxylic acids is 1. The van der Waals surface area contributed by atoms with Crippen LogP contribution in [-0.4, -0.2) is 49.7 Å². The third kappa shape index (κ3) is 3.90. The molecule has 1 saturated carbocycles. The van der Waals surface area contributed by atoms with Gasteiger partial charge >= 0.3 is 0 Å². The lowest BCUT2D eigenvalue weighted by atomic mass is 10.0. The van der Waals surface area contributed by atoms with E-state index in [0.717, 1.165) is 51.5 Å². The van der Waals surface area contributed by atoms with Gasteiger partial charge in [-0.25, -0.2) is 8.42 Å². The van der Waals surface area contributed by atoms with Crippen molar-refractivity contribution in [2.24, 2.45) is 5.92 Å². The van der Waals surface area contributed by atoms with Crippen LogP contribution in [0.2, 0.25) is 0 Å². The molecule has 0 aromatic heterocycles. The van der Waals surface area contributed by atoms with Crippen LogP contribution in [0.15, 0.2) is 35.2 Å². The second-order valence-corrected chi connectivity index (χ2v) is 9.10. The number of carbonyl (C=O) groups is 1. The number of hydrogen-bond donors (Lipinski definition) is 0. The van der Waals surface area contributed by atoms with Gasteiger partial charge in [-0.15, -0.1) is 0 Å². The molecule has 1 aromatic rings. The lowest BCUT2D eigenvalue weighted by Crippen LogP contribution is -2.47. The van der Waals surface area contributed by atoms with Crippen molar-refractivity contribution >= 4 is 15.9 Å². The minimum absolute atomic E-state index is 0.109. The van der Waals surface area contributed by atoms with Gasteiger partial charge in [0.05, 0.1) is 10.8 Å². The summed E-state index contributed by atoms with van der Waals surface area (Å²) in [5.74, 6) is -0.0979. The lowest BCUT2D eigenvalue weighted by molar-refractivity contribution is -0.135. The molecule has 0 unspecified atom stereocenters. The first kappa shape index (κ1) is 18.4. The van der Waals surface area contributed by atoms with Crippen LogP contribution in [0.1, 0.15) is 44.9 Å². The molecule has 0 N–H and O–H groups in total. The quantitative estimate of drug-likeness (QED) is 0.811. The number of amides is 1. The van der Waals surface area contributed by atoms with Crippen molar-refractivity contribution in [2.45, 2.75) is 55.9 Å². The summed E-state index contributed by atoms with van der Waals surface area (Å²) < 4.78 is 28.2. The van der Waals surface area contributed by atoms with Gasteiger partial charge < -0.3 is 4.90 Å². The maximum atomic E-state index is 13.3. The molecule has 138 valence electrons. The molecular weight excluding hydrogens is 336 g/mol. The Balaban J connectivity index is 1.95. The zero-order chi connectivity index (χ0) is 17.9. The number of fused-ring (bicyclic) bond motifs is 1. The average Bonchev–Trinajstić information content (AvgIpc) is 3.08. The van der Waals surface area contributed by atoms with Crippen LogP contribution >= 0.6 is 0 Å². The van der Waals surface area contributed by atoms with Gasteiger partial charge in [0.25, 0.3) is 0 Å². The van der Waals surface area contributed by atoms with Gasteiger partial charge in [0.1, 0.15) is 0 Å². The van der Waals surface area contributed by atoms with E-state index in [1.807, 2.05) is 18.0 Å². The SMILES string of the molecule is CN1CCCCCCN(S(=O)(=O)c2ccccc2)[C@H]2CCC[C@H]2C1=O. The van der Waals surface area contributed by atoms with E-state index in [9.17, 15) is 13.2 Å². The summed E-state index contributed by atoms with van der Waals surface area (Å²) in [6.07, 6.45) is 6.35. The largest absolute Gasteiger partial charge is 0.345 e. The predicted octanol–water partition coefficient (Wildman–Crippen LogP) is 2.88. The molecule has 1 amide bonds. The second kappa shape index (κ2) is 7.87. The van der Waals surface area contributed by atoms with Crippen molar-refractivity contribution in [1.29, 1.82) is 0 Å². The second-order valence-electron chi connectivity index (χ2n) is 7.21. The molecule has 2 aliphatic rings. The van der Waals surface area contributed by atoms with Crippen molar-refractivity contribution in [3.8, 4) is 0 Å². The minimum Gasteiger partial charge on any atom is -0.345 e. The highest BCUT2D eigenvalue weighted by Crippen LogP contribution is 2.35. The predicted molar refractivity (Wildman–Crippen MR) is 97.6 cm³/mol. The van der Waals surface area contributed by atoms with Crippen molar-refractivity contribution < 1.29 is 13.2 Å². The molecule has 1 aliphatic carbocycles. The summed E-state index contributed by atoms with van der Waals surface area (Å²) >= 11 is 0. The molecule has 25 heavy (non-hydrogen) atoms. The smallest absolute Gasteiger partial charge is 0.243 e. The molecule has 1 aliphatic heterocycles. The molecule has 1 heterocycles. The fraction of sp³-hybridized carbons (Fsp3) is 0.632. The van der Waals surface area contributed by atoms with Gasteiger partial charge in [-0.1, -0.05) is 37.5 Å². The molecule has 2 atom stereocenters. The van der Waals surface area contributed by atoms with Gasteiger partial charge in [-0.3, -0.25) is 4.79 Å². The summed E-state index contributed by atoms with van der Waals surface area (Å²) in [6, 6.07) is 8.42. The summed E-state index contributed by atoms with van der Waals surface area (Å²) in [5, 5.41) is 0. The van der Waals surface area contributed by atoms with E-state index < -0.39 is 10.0 Å². The fourth-order valence-corrected chi connectivity index (χ4v) is 5.88. The van der Waals surface area contributed by atoms with Crippen molar-refractivity contribution in [3.63, 3.8) is 0 Å². The van der Waals surface area contributed by atoms with E-state index in [1.165, 1.54) is 0 Å². The lowest BCUT2D eigenvalue weighted by Gasteiger charge is -2.33. The van der Waals surface area contributed by atoms with Crippen LogP contribution in [0.25, 0.3) is 0 Å². The van der Waals surface area contributed by atoms with Gasteiger partial charge in [0.2, 0.25) is 15.9 Å². The topological polar surface area (TPSA) is 57.7 Å². The van der Waals surface area contributed by atoms with Gasteiger partial charge in [0, 0.05) is 26.2 Å². The highest BCUT2D eigenvalue weighted by atomic mass is 32.2. The molecule has 2 fully saturated rings. The van der Waals surface area contributed by atoms with Gasteiger partial charge in [-0.05, 0) is 37.8 Å². The van der Waals surface area contributed by atoms with Crippen LogP contribution in [0.3, 0.4) is 0 Å². The summed E-state index contributed by atoms with van der Waals surface area (Å²) in [4.78, 5) is 15.0. The van der Waals surface area contributed by atoms with Crippen molar-refractivity contribution in [1.82, 2.24) is 9.21 Å². The van der Waals surface area contributed by atoms with Gasteiger partial charge in [0.15, 0.2) is 0 Å². The van der Waals surface area contributed by atoms with Crippen LogP contribution in [0.5, 0.6) is 0 Å². The Bertz CT molecular complexity index is 690. The maximum absolute atomic E-state index is 13.3. The third-order valence-corrected chi connectivity index (χ3v) is 7.45. The van der Waals surface area contributed by atoms with Crippen LogP contribution in [0.4, 0.5) is 0 Å². The van der Waals surface area contributed by atoms with Crippen LogP contribution in [-0.2, 0) is 14.8 Å². The Kier molecular flexibility index (Phi) is 5.79.